The topological polar surface area (TPSA) is 64.6 Å². The highest BCUT2D eigenvalue weighted by Crippen LogP contribution is 2.20. The van der Waals surface area contributed by atoms with Crippen molar-refractivity contribution in [3.63, 3.8) is 0 Å². The molecule has 5 nitrogen and oxygen atoms in total. The van der Waals surface area contributed by atoms with Crippen molar-refractivity contribution in [1.29, 1.82) is 0 Å². The SMILES string of the molecule is CCOC(=O)CCC(=O)NCCOC1CCCC1. The van der Waals surface area contributed by atoms with Gasteiger partial charge in [-0.15, -0.1) is 0 Å². The molecular formula is C13H23NO4. The van der Waals surface area contributed by atoms with Gasteiger partial charge in [0.25, 0.3) is 0 Å². The first-order valence-electron chi connectivity index (χ1n) is 6.76. The van der Waals surface area contributed by atoms with E-state index in [0.29, 0.717) is 25.9 Å². The van der Waals surface area contributed by atoms with Crippen LogP contribution in [0, 0.1) is 0 Å². The molecule has 0 heterocycles. The zero-order chi connectivity index (χ0) is 13.2. The molecule has 1 saturated carbocycles. The normalized spacial score (nSPS) is 15.6. The van der Waals surface area contributed by atoms with Crippen molar-refractivity contribution in [3.05, 3.63) is 0 Å². The lowest BCUT2D eigenvalue weighted by molar-refractivity contribution is -0.144. The van der Waals surface area contributed by atoms with Crippen LogP contribution in [0.1, 0.15) is 45.4 Å². The summed E-state index contributed by atoms with van der Waals surface area (Å²) < 4.78 is 10.4. The molecule has 1 amide bonds. The molecule has 1 rings (SSSR count). The van der Waals surface area contributed by atoms with Gasteiger partial charge in [-0.2, -0.15) is 0 Å². The Kier molecular flexibility index (Phi) is 7.41. The van der Waals surface area contributed by atoms with Crippen molar-refractivity contribution >= 4 is 11.9 Å². The minimum Gasteiger partial charge on any atom is -0.466 e. The van der Waals surface area contributed by atoms with E-state index in [9.17, 15) is 9.59 Å². The van der Waals surface area contributed by atoms with E-state index in [1.807, 2.05) is 0 Å². The Hall–Kier alpha value is -1.10. The number of esters is 1. The Morgan fingerprint density at radius 2 is 1.94 bits per heavy atom. The molecule has 0 atom stereocenters. The Morgan fingerprint density at radius 3 is 2.61 bits per heavy atom. The third-order valence-corrected chi connectivity index (χ3v) is 2.94. The number of carbonyl (C=O) groups is 2. The van der Waals surface area contributed by atoms with Gasteiger partial charge in [-0.05, 0) is 19.8 Å². The number of ether oxygens (including phenoxy) is 2. The molecule has 18 heavy (non-hydrogen) atoms. The Bertz CT molecular complexity index is 262. The smallest absolute Gasteiger partial charge is 0.306 e. The predicted molar refractivity (Wildman–Crippen MR) is 67.1 cm³/mol. The fourth-order valence-corrected chi connectivity index (χ4v) is 2.01. The highest BCUT2D eigenvalue weighted by atomic mass is 16.5. The molecule has 1 aliphatic carbocycles. The van der Waals surface area contributed by atoms with Gasteiger partial charge in [0, 0.05) is 13.0 Å². The second-order valence-electron chi connectivity index (χ2n) is 4.43. The minimum absolute atomic E-state index is 0.127. The van der Waals surface area contributed by atoms with Crippen LogP contribution in [-0.4, -0.2) is 37.7 Å². The lowest BCUT2D eigenvalue weighted by Gasteiger charge is -2.11. The van der Waals surface area contributed by atoms with Crippen LogP contribution in [-0.2, 0) is 19.1 Å². The number of hydrogen-bond acceptors (Lipinski definition) is 4. The van der Waals surface area contributed by atoms with Crippen LogP contribution in [0.2, 0.25) is 0 Å². The molecule has 0 bridgehead atoms. The zero-order valence-corrected chi connectivity index (χ0v) is 11.1. The Balaban J connectivity index is 1.94. The van der Waals surface area contributed by atoms with E-state index < -0.39 is 0 Å². The molecule has 0 radical (unpaired) electrons. The van der Waals surface area contributed by atoms with Gasteiger partial charge in [0.2, 0.25) is 5.91 Å². The van der Waals surface area contributed by atoms with E-state index in [1.54, 1.807) is 6.92 Å². The van der Waals surface area contributed by atoms with Gasteiger partial charge < -0.3 is 14.8 Å². The first kappa shape index (κ1) is 15.0. The standard InChI is InChI=1S/C13H23NO4/c1-2-17-13(16)8-7-12(15)14-9-10-18-11-5-3-4-6-11/h11H,2-10H2,1H3,(H,14,15). The summed E-state index contributed by atoms with van der Waals surface area (Å²) in [5.74, 6) is -0.451. The van der Waals surface area contributed by atoms with Gasteiger partial charge in [0.1, 0.15) is 0 Å². The van der Waals surface area contributed by atoms with Crippen LogP contribution < -0.4 is 5.32 Å². The number of nitrogens with one attached hydrogen (secondary N) is 1. The second-order valence-corrected chi connectivity index (χ2v) is 4.43. The molecule has 0 aromatic heterocycles. The predicted octanol–water partition coefficient (Wildman–Crippen LogP) is 1.41. The summed E-state index contributed by atoms with van der Waals surface area (Å²) >= 11 is 0. The summed E-state index contributed by atoms with van der Waals surface area (Å²) in [5, 5.41) is 2.73. The fraction of sp³-hybridized carbons (Fsp3) is 0.846. The summed E-state index contributed by atoms with van der Waals surface area (Å²) in [6, 6.07) is 0. The molecular weight excluding hydrogens is 234 g/mol. The maximum Gasteiger partial charge on any atom is 0.306 e. The number of carbonyl (C=O) groups excluding carboxylic acids is 2. The molecule has 1 aliphatic rings. The zero-order valence-electron chi connectivity index (χ0n) is 11.1. The molecule has 0 saturated heterocycles. The number of rotatable bonds is 8. The Labute approximate surface area is 108 Å². The van der Waals surface area contributed by atoms with Crippen LogP contribution in [0.3, 0.4) is 0 Å². The summed E-state index contributed by atoms with van der Waals surface area (Å²) in [7, 11) is 0. The summed E-state index contributed by atoms with van der Waals surface area (Å²) in [6.45, 7) is 3.17. The van der Waals surface area contributed by atoms with Crippen molar-refractivity contribution in [2.45, 2.75) is 51.6 Å². The molecule has 1 N–H and O–H groups in total. The summed E-state index contributed by atoms with van der Waals surface area (Å²) in [6.07, 6.45) is 5.47. The molecule has 0 aromatic rings. The molecule has 104 valence electrons. The highest BCUT2D eigenvalue weighted by Gasteiger charge is 2.14. The number of amides is 1. The van der Waals surface area contributed by atoms with Gasteiger partial charge in [-0.3, -0.25) is 9.59 Å². The van der Waals surface area contributed by atoms with Gasteiger partial charge >= 0.3 is 5.97 Å². The quantitative estimate of drug-likeness (QED) is 0.527. The third-order valence-electron chi connectivity index (χ3n) is 2.94. The fourth-order valence-electron chi connectivity index (χ4n) is 2.01. The van der Waals surface area contributed by atoms with E-state index in [0.717, 1.165) is 12.8 Å². The second kappa shape index (κ2) is 8.91. The van der Waals surface area contributed by atoms with Crippen LogP contribution in [0.15, 0.2) is 0 Å². The van der Waals surface area contributed by atoms with Gasteiger partial charge in [0.15, 0.2) is 0 Å². The van der Waals surface area contributed by atoms with Crippen LogP contribution in [0.4, 0.5) is 0 Å². The Morgan fingerprint density at radius 1 is 1.22 bits per heavy atom. The van der Waals surface area contributed by atoms with Gasteiger partial charge in [0.05, 0.1) is 25.7 Å². The number of hydrogen-bond donors (Lipinski definition) is 1. The average Bonchev–Trinajstić information content (AvgIpc) is 2.85. The van der Waals surface area contributed by atoms with Crippen molar-refractivity contribution in [3.8, 4) is 0 Å². The van der Waals surface area contributed by atoms with E-state index in [4.69, 9.17) is 9.47 Å². The average molecular weight is 257 g/mol. The van der Waals surface area contributed by atoms with Crippen LogP contribution >= 0.6 is 0 Å². The van der Waals surface area contributed by atoms with Crippen LogP contribution in [0.25, 0.3) is 0 Å². The van der Waals surface area contributed by atoms with Crippen molar-refractivity contribution in [2.75, 3.05) is 19.8 Å². The van der Waals surface area contributed by atoms with Gasteiger partial charge in [-0.1, -0.05) is 12.8 Å². The van der Waals surface area contributed by atoms with Crippen molar-refractivity contribution in [2.24, 2.45) is 0 Å². The third kappa shape index (κ3) is 6.59. The largest absolute Gasteiger partial charge is 0.466 e. The highest BCUT2D eigenvalue weighted by molar-refractivity contribution is 5.81. The lowest BCUT2D eigenvalue weighted by Crippen LogP contribution is -2.28. The summed E-state index contributed by atoms with van der Waals surface area (Å²) in [5.41, 5.74) is 0. The maximum absolute atomic E-state index is 11.4. The van der Waals surface area contributed by atoms with E-state index in [2.05, 4.69) is 5.32 Å². The first-order valence-corrected chi connectivity index (χ1v) is 6.76. The monoisotopic (exact) mass is 257 g/mol. The van der Waals surface area contributed by atoms with E-state index in [-0.39, 0.29) is 24.7 Å². The lowest BCUT2D eigenvalue weighted by atomic mass is 10.3. The van der Waals surface area contributed by atoms with Crippen LogP contribution in [0.5, 0.6) is 0 Å². The molecule has 1 fully saturated rings. The van der Waals surface area contributed by atoms with E-state index in [1.165, 1.54) is 12.8 Å². The van der Waals surface area contributed by atoms with Gasteiger partial charge in [-0.25, -0.2) is 0 Å². The summed E-state index contributed by atoms with van der Waals surface area (Å²) in [4.78, 5) is 22.4. The minimum atomic E-state index is -0.324. The molecule has 0 aliphatic heterocycles. The van der Waals surface area contributed by atoms with E-state index >= 15 is 0 Å². The maximum atomic E-state index is 11.4. The molecule has 5 heteroatoms. The molecule has 0 spiro atoms. The molecule has 0 unspecified atom stereocenters. The van der Waals surface area contributed by atoms with Crippen molar-refractivity contribution in [1.82, 2.24) is 5.32 Å². The molecule has 0 aromatic carbocycles. The first-order chi connectivity index (χ1) is 8.72. The van der Waals surface area contributed by atoms with Crippen molar-refractivity contribution < 1.29 is 19.1 Å².